The lowest BCUT2D eigenvalue weighted by Gasteiger charge is -2.31. The Morgan fingerprint density at radius 2 is 2.21 bits per heavy atom. The molecule has 0 aliphatic carbocycles. The van der Waals surface area contributed by atoms with Crippen molar-refractivity contribution in [3.8, 4) is 0 Å². The van der Waals surface area contributed by atoms with Crippen molar-refractivity contribution in [3.05, 3.63) is 18.0 Å². The molecule has 1 aromatic rings. The molecule has 0 radical (unpaired) electrons. The third-order valence-electron chi connectivity index (χ3n) is 3.75. The second-order valence-corrected chi connectivity index (χ2v) is 5.65. The molecule has 1 aromatic heterocycles. The molecule has 0 atom stereocenters. The lowest BCUT2D eigenvalue weighted by Crippen LogP contribution is -2.48. The van der Waals surface area contributed by atoms with Gasteiger partial charge in [0.1, 0.15) is 0 Å². The fraction of sp³-hybridized carbons (Fsp3) is 0.667. The van der Waals surface area contributed by atoms with Gasteiger partial charge in [-0.05, 0) is 32.3 Å². The third-order valence-corrected chi connectivity index (χ3v) is 3.75. The second-order valence-electron chi connectivity index (χ2n) is 5.65. The number of carbonyl (C=O) groups is 1. The monoisotopic (exact) mass is 450 g/mol. The molecule has 3 N–H and O–H groups in total. The number of aromatic nitrogens is 2. The van der Waals surface area contributed by atoms with Gasteiger partial charge in [0.05, 0.1) is 25.9 Å². The lowest BCUT2D eigenvalue weighted by molar-refractivity contribution is 0.0963. The van der Waals surface area contributed by atoms with E-state index in [1.54, 1.807) is 4.90 Å². The van der Waals surface area contributed by atoms with Gasteiger partial charge in [-0.3, -0.25) is 9.67 Å². The average Bonchev–Trinajstić information content (AvgIpc) is 2.93. The lowest BCUT2D eigenvalue weighted by atomic mass is 10.1. The fourth-order valence-corrected chi connectivity index (χ4v) is 2.54. The number of guanidine groups is 1. The molecule has 1 fully saturated rings. The Morgan fingerprint density at radius 1 is 1.50 bits per heavy atom. The Balaban J connectivity index is 0.00000288. The Kier molecular flexibility index (Phi) is 8.87. The SMILES string of the molecule is CCOC(=O)N1CCC(NC(N)=NCCn2cc(C)cn2)CC1.I. The quantitative estimate of drug-likeness (QED) is 0.401. The Bertz CT molecular complexity index is 540. The molecule has 136 valence electrons. The first-order valence-electron chi connectivity index (χ1n) is 8.05. The van der Waals surface area contributed by atoms with Crippen LogP contribution in [0.4, 0.5) is 4.79 Å². The van der Waals surface area contributed by atoms with Crippen LogP contribution in [-0.2, 0) is 11.3 Å². The van der Waals surface area contributed by atoms with Crippen molar-refractivity contribution in [3.63, 3.8) is 0 Å². The van der Waals surface area contributed by atoms with Crippen molar-refractivity contribution in [1.82, 2.24) is 20.0 Å². The first-order chi connectivity index (χ1) is 11.1. The number of rotatable bonds is 5. The summed E-state index contributed by atoms with van der Waals surface area (Å²) in [6.07, 6.45) is 5.25. The van der Waals surface area contributed by atoms with E-state index in [0.29, 0.717) is 38.7 Å². The summed E-state index contributed by atoms with van der Waals surface area (Å²) in [4.78, 5) is 17.7. The maximum absolute atomic E-state index is 11.6. The van der Waals surface area contributed by atoms with E-state index in [0.717, 1.165) is 18.4 Å². The van der Waals surface area contributed by atoms with Gasteiger partial charge in [-0.1, -0.05) is 0 Å². The molecule has 1 amide bonds. The number of likely N-dealkylation sites (tertiary alicyclic amines) is 1. The molecule has 9 heteroatoms. The van der Waals surface area contributed by atoms with Gasteiger partial charge in [0.2, 0.25) is 0 Å². The molecule has 0 bridgehead atoms. The Labute approximate surface area is 159 Å². The van der Waals surface area contributed by atoms with Gasteiger partial charge in [-0.15, -0.1) is 24.0 Å². The van der Waals surface area contributed by atoms with Crippen LogP contribution in [0.1, 0.15) is 25.3 Å². The minimum atomic E-state index is -0.234. The highest BCUT2D eigenvalue weighted by atomic mass is 127. The summed E-state index contributed by atoms with van der Waals surface area (Å²) in [5, 5.41) is 7.43. The molecule has 2 rings (SSSR count). The van der Waals surface area contributed by atoms with Crippen molar-refractivity contribution >= 4 is 36.0 Å². The summed E-state index contributed by atoms with van der Waals surface area (Å²) in [7, 11) is 0. The van der Waals surface area contributed by atoms with Crippen LogP contribution >= 0.6 is 24.0 Å². The zero-order valence-electron chi connectivity index (χ0n) is 14.3. The summed E-state index contributed by atoms with van der Waals surface area (Å²) in [5.41, 5.74) is 7.05. The molecule has 8 nitrogen and oxygen atoms in total. The van der Waals surface area contributed by atoms with Gasteiger partial charge in [-0.2, -0.15) is 5.10 Å². The number of amides is 1. The van der Waals surface area contributed by atoms with E-state index in [4.69, 9.17) is 10.5 Å². The molecule has 1 saturated heterocycles. The van der Waals surface area contributed by atoms with Gasteiger partial charge in [0.25, 0.3) is 0 Å². The topological polar surface area (TPSA) is 97.8 Å². The molecule has 1 aliphatic heterocycles. The van der Waals surface area contributed by atoms with Gasteiger partial charge in [-0.25, -0.2) is 4.79 Å². The van der Waals surface area contributed by atoms with Gasteiger partial charge in [0, 0.05) is 25.3 Å². The number of piperidine rings is 1. The maximum Gasteiger partial charge on any atom is 0.409 e. The minimum absolute atomic E-state index is 0. The van der Waals surface area contributed by atoms with Crippen LogP contribution < -0.4 is 11.1 Å². The summed E-state index contributed by atoms with van der Waals surface area (Å²) in [5.74, 6) is 0.448. The largest absolute Gasteiger partial charge is 0.450 e. The van der Waals surface area contributed by atoms with Crippen molar-refractivity contribution < 1.29 is 9.53 Å². The number of aryl methyl sites for hydroxylation is 1. The molecule has 2 heterocycles. The summed E-state index contributed by atoms with van der Waals surface area (Å²) in [6, 6.07) is 0.247. The average molecular weight is 450 g/mol. The Morgan fingerprint density at radius 3 is 2.79 bits per heavy atom. The normalized spacial score (nSPS) is 15.8. The van der Waals surface area contributed by atoms with E-state index in [9.17, 15) is 4.79 Å². The number of nitrogens with two attached hydrogens (primary N) is 1. The number of nitrogens with one attached hydrogen (secondary N) is 1. The van der Waals surface area contributed by atoms with E-state index < -0.39 is 0 Å². The Hall–Kier alpha value is -1.52. The van der Waals surface area contributed by atoms with Gasteiger partial charge < -0.3 is 20.7 Å². The standard InChI is InChI=1S/C15H26N6O2.HI/c1-3-23-15(22)20-7-4-13(5-8-20)19-14(16)17-6-9-21-11-12(2)10-18-21;/h10-11,13H,3-9H2,1-2H3,(H3,16,17,19);1H. The minimum Gasteiger partial charge on any atom is -0.450 e. The number of carbonyl (C=O) groups excluding carboxylic acids is 1. The predicted molar refractivity (Wildman–Crippen MR) is 104 cm³/mol. The van der Waals surface area contributed by atoms with Crippen LogP contribution in [-0.4, -0.2) is 59.0 Å². The zero-order valence-corrected chi connectivity index (χ0v) is 16.6. The first kappa shape index (κ1) is 20.5. The van der Waals surface area contributed by atoms with Crippen molar-refractivity contribution in [2.75, 3.05) is 26.2 Å². The summed E-state index contributed by atoms with van der Waals surface area (Å²) in [6.45, 7) is 6.87. The second kappa shape index (κ2) is 10.4. The molecular formula is C15H27IN6O2. The highest BCUT2D eigenvalue weighted by Crippen LogP contribution is 2.11. The van der Waals surface area contributed by atoms with E-state index >= 15 is 0 Å². The number of hydrogen-bond acceptors (Lipinski definition) is 4. The van der Waals surface area contributed by atoms with Crippen molar-refractivity contribution in [2.45, 2.75) is 39.3 Å². The van der Waals surface area contributed by atoms with Crippen LogP contribution in [0.5, 0.6) is 0 Å². The molecule has 0 unspecified atom stereocenters. The molecule has 0 aromatic carbocycles. The van der Waals surface area contributed by atoms with Gasteiger partial charge >= 0.3 is 6.09 Å². The third kappa shape index (κ3) is 6.54. The van der Waals surface area contributed by atoms with E-state index in [1.807, 2.05) is 30.9 Å². The predicted octanol–water partition coefficient (Wildman–Crippen LogP) is 1.33. The molecule has 1 aliphatic rings. The van der Waals surface area contributed by atoms with E-state index in [-0.39, 0.29) is 36.1 Å². The van der Waals surface area contributed by atoms with Crippen molar-refractivity contribution in [2.24, 2.45) is 10.7 Å². The smallest absolute Gasteiger partial charge is 0.409 e. The number of nitrogens with zero attached hydrogens (tertiary/aromatic N) is 4. The highest BCUT2D eigenvalue weighted by Gasteiger charge is 2.23. The summed E-state index contributed by atoms with van der Waals surface area (Å²) >= 11 is 0. The fourth-order valence-electron chi connectivity index (χ4n) is 2.54. The van der Waals surface area contributed by atoms with Gasteiger partial charge in [0.15, 0.2) is 5.96 Å². The van der Waals surface area contributed by atoms with Crippen LogP contribution in [0, 0.1) is 6.92 Å². The number of ether oxygens (including phenoxy) is 1. The highest BCUT2D eigenvalue weighted by molar-refractivity contribution is 14.0. The molecule has 24 heavy (non-hydrogen) atoms. The molecular weight excluding hydrogens is 423 g/mol. The molecule has 0 saturated carbocycles. The van der Waals surface area contributed by atoms with E-state index in [1.165, 1.54) is 0 Å². The summed E-state index contributed by atoms with van der Waals surface area (Å²) < 4.78 is 6.86. The van der Waals surface area contributed by atoms with Crippen LogP contribution in [0.3, 0.4) is 0 Å². The number of aliphatic imine (C=N–C) groups is 1. The van der Waals surface area contributed by atoms with E-state index in [2.05, 4.69) is 15.4 Å². The van der Waals surface area contributed by atoms with Crippen LogP contribution in [0.25, 0.3) is 0 Å². The van der Waals surface area contributed by atoms with Crippen LogP contribution in [0.2, 0.25) is 0 Å². The first-order valence-corrected chi connectivity index (χ1v) is 8.05. The molecule has 0 spiro atoms. The zero-order chi connectivity index (χ0) is 16.7. The number of hydrogen-bond donors (Lipinski definition) is 2. The number of halogens is 1. The van der Waals surface area contributed by atoms with Crippen LogP contribution in [0.15, 0.2) is 17.4 Å². The maximum atomic E-state index is 11.6. The van der Waals surface area contributed by atoms with Crippen molar-refractivity contribution in [1.29, 1.82) is 0 Å².